The number of thiophene rings is 1. The number of carbonyl (C=O) groups is 1. The number of nitrogens with zero attached hydrogens (tertiary/aromatic N) is 1. The molecule has 1 aromatic heterocycles. The lowest BCUT2D eigenvalue weighted by Gasteiger charge is -2.19. The van der Waals surface area contributed by atoms with Crippen molar-refractivity contribution in [2.24, 2.45) is 5.92 Å². The minimum atomic E-state index is -0.0200. The molecule has 110 valence electrons. The second kappa shape index (κ2) is 5.90. The van der Waals surface area contributed by atoms with E-state index in [1.54, 1.807) is 16.3 Å². The van der Waals surface area contributed by atoms with Crippen LogP contribution in [0.3, 0.4) is 0 Å². The summed E-state index contributed by atoms with van der Waals surface area (Å²) < 4.78 is 0. The summed E-state index contributed by atoms with van der Waals surface area (Å²) in [5, 5.41) is 1.77. The summed E-state index contributed by atoms with van der Waals surface area (Å²) in [5.74, 6) is 0.711. The number of anilines is 1. The summed E-state index contributed by atoms with van der Waals surface area (Å²) in [6.45, 7) is 2.28. The molecule has 0 unspecified atom stereocenters. The van der Waals surface area contributed by atoms with Crippen molar-refractivity contribution in [3.05, 3.63) is 51.7 Å². The lowest BCUT2D eigenvalue weighted by molar-refractivity contribution is 0.0955. The molecule has 1 aliphatic carbocycles. The van der Waals surface area contributed by atoms with E-state index in [0.29, 0.717) is 0 Å². The Kier molecular flexibility index (Phi) is 3.97. The van der Waals surface area contributed by atoms with E-state index >= 15 is 0 Å². The zero-order valence-corrected chi connectivity index (χ0v) is 13.2. The summed E-state index contributed by atoms with van der Waals surface area (Å²) in [7, 11) is 1.86. The Balaban J connectivity index is 1.71. The molecule has 1 aliphatic rings. The Morgan fingerprint density at radius 3 is 2.86 bits per heavy atom. The molecule has 1 N–H and O–H groups in total. The number of benzene rings is 1. The molecule has 3 rings (SSSR count). The molecule has 2 aromatic rings. The maximum absolute atomic E-state index is 12.4. The van der Waals surface area contributed by atoms with Crippen LogP contribution in [0, 0.1) is 5.92 Å². The van der Waals surface area contributed by atoms with Crippen LogP contribution < -0.4 is 10.4 Å². The molecule has 0 saturated heterocycles. The molecule has 0 aliphatic heterocycles. The molecular weight excluding hydrogens is 280 g/mol. The van der Waals surface area contributed by atoms with Crippen molar-refractivity contribution in [3.8, 4) is 0 Å². The quantitative estimate of drug-likeness (QED) is 0.878. The van der Waals surface area contributed by atoms with Crippen molar-refractivity contribution in [3.63, 3.8) is 0 Å². The molecule has 0 fully saturated rings. The zero-order chi connectivity index (χ0) is 14.8. The Labute approximate surface area is 129 Å². The number of rotatable bonds is 3. The van der Waals surface area contributed by atoms with Crippen LogP contribution in [-0.2, 0) is 12.8 Å². The first-order valence-electron chi connectivity index (χ1n) is 7.35. The summed E-state index contributed by atoms with van der Waals surface area (Å²) in [6, 6.07) is 11.9. The van der Waals surface area contributed by atoms with Crippen molar-refractivity contribution in [1.29, 1.82) is 0 Å². The third-order valence-corrected chi connectivity index (χ3v) is 5.20. The van der Waals surface area contributed by atoms with Crippen LogP contribution in [-0.4, -0.2) is 13.0 Å². The van der Waals surface area contributed by atoms with E-state index in [-0.39, 0.29) is 5.91 Å². The van der Waals surface area contributed by atoms with Gasteiger partial charge in [0.15, 0.2) is 0 Å². The van der Waals surface area contributed by atoms with Gasteiger partial charge in [-0.2, -0.15) is 0 Å². The first kappa shape index (κ1) is 14.1. The van der Waals surface area contributed by atoms with E-state index < -0.39 is 0 Å². The molecule has 0 radical (unpaired) electrons. The SMILES string of the molecule is C[C@H]1CCc2sc(C(=O)NN(C)c3ccccc3)cc2C1. The van der Waals surface area contributed by atoms with E-state index in [1.165, 1.54) is 16.9 Å². The molecule has 1 heterocycles. The number of hydrazine groups is 1. The van der Waals surface area contributed by atoms with Gasteiger partial charge in [0.25, 0.3) is 5.91 Å². The van der Waals surface area contributed by atoms with E-state index in [9.17, 15) is 4.79 Å². The Morgan fingerprint density at radius 2 is 2.10 bits per heavy atom. The number of nitrogens with one attached hydrogen (secondary N) is 1. The summed E-state index contributed by atoms with van der Waals surface area (Å²) in [4.78, 5) is 14.6. The molecule has 3 nitrogen and oxygen atoms in total. The van der Waals surface area contributed by atoms with Gasteiger partial charge < -0.3 is 0 Å². The molecule has 0 spiro atoms. The van der Waals surface area contributed by atoms with Crippen LogP contribution in [0.4, 0.5) is 5.69 Å². The van der Waals surface area contributed by atoms with Crippen molar-refractivity contribution in [1.82, 2.24) is 5.43 Å². The topological polar surface area (TPSA) is 32.3 Å². The minimum Gasteiger partial charge on any atom is -0.288 e. The van der Waals surface area contributed by atoms with Crippen molar-refractivity contribution >= 4 is 22.9 Å². The van der Waals surface area contributed by atoms with Crippen LogP contribution in [0.25, 0.3) is 0 Å². The van der Waals surface area contributed by atoms with Gasteiger partial charge in [0.2, 0.25) is 0 Å². The number of carbonyl (C=O) groups excluding carboxylic acids is 1. The number of hydrogen-bond donors (Lipinski definition) is 1. The Hall–Kier alpha value is -1.81. The fraction of sp³-hybridized carbons (Fsp3) is 0.353. The summed E-state index contributed by atoms with van der Waals surface area (Å²) in [5.41, 5.74) is 5.28. The molecule has 1 amide bonds. The monoisotopic (exact) mass is 300 g/mol. The normalized spacial score (nSPS) is 17.1. The third kappa shape index (κ3) is 3.10. The molecule has 0 saturated carbocycles. The molecule has 1 aromatic carbocycles. The highest BCUT2D eigenvalue weighted by Crippen LogP contribution is 2.32. The molecule has 4 heteroatoms. The van der Waals surface area contributed by atoms with E-state index in [2.05, 4.69) is 18.4 Å². The van der Waals surface area contributed by atoms with Crippen LogP contribution >= 0.6 is 11.3 Å². The van der Waals surface area contributed by atoms with Gasteiger partial charge in [-0.25, -0.2) is 0 Å². The summed E-state index contributed by atoms with van der Waals surface area (Å²) >= 11 is 1.64. The Morgan fingerprint density at radius 1 is 1.33 bits per heavy atom. The van der Waals surface area contributed by atoms with Gasteiger partial charge in [0.05, 0.1) is 10.6 Å². The lowest BCUT2D eigenvalue weighted by atomic mass is 9.90. The average molecular weight is 300 g/mol. The van der Waals surface area contributed by atoms with Crippen LogP contribution in [0.1, 0.15) is 33.5 Å². The van der Waals surface area contributed by atoms with Gasteiger partial charge in [-0.05, 0) is 48.9 Å². The molecule has 0 bridgehead atoms. The largest absolute Gasteiger partial charge is 0.288 e. The number of aryl methyl sites for hydroxylation is 1. The highest BCUT2D eigenvalue weighted by Gasteiger charge is 2.21. The second-order valence-corrected chi connectivity index (χ2v) is 6.88. The number of hydrogen-bond acceptors (Lipinski definition) is 3. The van der Waals surface area contributed by atoms with Gasteiger partial charge in [-0.3, -0.25) is 15.2 Å². The number of para-hydroxylation sites is 1. The molecule has 21 heavy (non-hydrogen) atoms. The van der Waals surface area contributed by atoms with E-state index in [1.807, 2.05) is 37.4 Å². The highest BCUT2D eigenvalue weighted by molar-refractivity contribution is 7.14. The van der Waals surface area contributed by atoms with Crippen molar-refractivity contribution in [2.45, 2.75) is 26.2 Å². The second-order valence-electron chi connectivity index (χ2n) is 5.74. The molecule has 1 atom stereocenters. The average Bonchev–Trinajstić information content (AvgIpc) is 2.91. The van der Waals surface area contributed by atoms with Crippen LogP contribution in [0.15, 0.2) is 36.4 Å². The first-order valence-corrected chi connectivity index (χ1v) is 8.16. The van der Waals surface area contributed by atoms with Gasteiger partial charge in [-0.15, -0.1) is 11.3 Å². The third-order valence-electron chi connectivity index (χ3n) is 3.97. The fourth-order valence-corrected chi connectivity index (χ4v) is 3.84. The van der Waals surface area contributed by atoms with Gasteiger partial charge in [-0.1, -0.05) is 25.1 Å². The number of fused-ring (bicyclic) bond motifs is 1. The smallest absolute Gasteiger partial charge is 0.279 e. The van der Waals surface area contributed by atoms with Crippen LogP contribution in [0.5, 0.6) is 0 Å². The highest BCUT2D eigenvalue weighted by atomic mass is 32.1. The van der Waals surface area contributed by atoms with Crippen LogP contribution in [0.2, 0.25) is 0 Å². The lowest BCUT2D eigenvalue weighted by Crippen LogP contribution is -2.38. The van der Waals surface area contributed by atoms with Gasteiger partial charge in [0.1, 0.15) is 0 Å². The van der Waals surface area contributed by atoms with E-state index in [0.717, 1.165) is 29.3 Å². The van der Waals surface area contributed by atoms with Gasteiger partial charge in [0, 0.05) is 11.9 Å². The van der Waals surface area contributed by atoms with Crippen molar-refractivity contribution < 1.29 is 4.79 Å². The number of amides is 1. The predicted octanol–water partition coefficient (Wildman–Crippen LogP) is 3.65. The maximum Gasteiger partial charge on any atom is 0.279 e. The Bertz CT molecular complexity index is 635. The predicted molar refractivity (Wildman–Crippen MR) is 87.8 cm³/mol. The first-order chi connectivity index (χ1) is 10.1. The summed E-state index contributed by atoms with van der Waals surface area (Å²) in [6.07, 6.45) is 3.45. The van der Waals surface area contributed by atoms with Crippen molar-refractivity contribution in [2.75, 3.05) is 12.1 Å². The zero-order valence-electron chi connectivity index (χ0n) is 12.4. The van der Waals surface area contributed by atoms with E-state index in [4.69, 9.17) is 0 Å². The van der Waals surface area contributed by atoms with Gasteiger partial charge >= 0.3 is 0 Å². The minimum absolute atomic E-state index is 0.0200. The maximum atomic E-state index is 12.4. The molecular formula is C17H20N2OS. The standard InChI is InChI=1S/C17H20N2OS/c1-12-8-9-15-13(10-12)11-16(21-15)17(20)18-19(2)14-6-4-3-5-7-14/h3-7,11-12H,8-10H2,1-2H3,(H,18,20)/t12-/m0/s1. The fourth-order valence-electron chi connectivity index (χ4n) is 2.74.